The van der Waals surface area contributed by atoms with Gasteiger partial charge in [0.25, 0.3) is 5.69 Å². The number of methoxy groups -OCH3 is 1. The molecule has 24 heteroatoms. The van der Waals surface area contributed by atoms with E-state index in [-0.39, 0.29) is 75.3 Å². The van der Waals surface area contributed by atoms with E-state index in [4.69, 9.17) is 44.3 Å². The smallest absolute Gasteiger partial charge is 0.355 e. The van der Waals surface area contributed by atoms with Crippen LogP contribution in [0.25, 0.3) is 5.69 Å². The molecule has 0 aliphatic heterocycles. The molecule has 68 heavy (non-hydrogen) atoms. The minimum absolute atomic E-state index is 0.0223. The van der Waals surface area contributed by atoms with Crippen LogP contribution in [0.1, 0.15) is 79.5 Å². The number of aryl methyl sites for hydroxylation is 3. The van der Waals surface area contributed by atoms with Crippen molar-refractivity contribution in [3.8, 4) is 5.69 Å². The van der Waals surface area contributed by atoms with Crippen LogP contribution in [0.15, 0.2) is 58.2 Å². The lowest BCUT2D eigenvalue weighted by atomic mass is 9.81. The van der Waals surface area contributed by atoms with Crippen molar-refractivity contribution >= 4 is 85.2 Å². The van der Waals surface area contributed by atoms with E-state index in [0.29, 0.717) is 17.7 Å². The van der Waals surface area contributed by atoms with Gasteiger partial charge in [-0.2, -0.15) is 13.5 Å². The number of alkyl halides is 4. The number of nitro benzene ring substituents is 1. The maximum Gasteiger partial charge on any atom is 0.355 e. The first-order valence-corrected chi connectivity index (χ1v) is 23.9. The van der Waals surface area contributed by atoms with E-state index in [2.05, 4.69) is 18.1 Å². The number of rotatable bonds is 16. The van der Waals surface area contributed by atoms with E-state index in [1.54, 1.807) is 18.9 Å². The Hall–Kier alpha value is -5.48. The molecule has 0 spiro atoms. The molecule has 17 nitrogen and oxygen atoms in total. The van der Waals surface area contributed by atoms with Crippen molar-refractivity contribution < 1.29 is 60.0 Å². The molecule has 5 rings (SSSR count). The Bertz CT molecular complexity index is 2700. The van der Waals surface area contributed by atoms with Crippen LogP contribution in [0.4, 0.5) is 24.5 Å². The summed E-state index contributed by atoms with van der Waals surface area (Å²) < 4.78 is 73.6. The number of ketones is 3. The molecule has 0 N–H and O–H groups in total. The molecule has 2 unspecified atom stereocenters. The number of amides is 1. The monoisotopic (exact) mass is 1030 g/mol. The minimum atomic E-state index is -3.70. The average Bonchev–Trinajstić information content (AvgIpc) is 3.57. The molecule has 0 saturated heterocycles. The third kappa shape index (κ3) is 14.1. The first-order chi connectivity index (χ1) is 31.9. The van der Waals surface area contributed by atoms with Crippen molar-refractivity contribution in [3.05, 3.63) is 108 Å². The number of benzene rings is 3. The molecule has 1 saturated carbocycles. The maximum atomic E-state index is 14.2. The Morgan fingerprint density at radius 3 is 2.18 bits per heavy atom. The van der Waals surface area contributed by atoms with Crippen LogP contribution in [0.5, 0.6) is 0 Å². The summed E-state index contributed by atoms with van der Waals surface area (Å²) in [6.45, 7) is 6.37. The highest BCUT2D eigenvalue weighted by Gasteiger charge is 2.39. The van der Waals surface area contributed by atoms with Gasteiger partial charge in [0, 0.05) is 43.7 Å². The number of sulfone groups is 1. The van der Waals surface area contributed by atoms with Gasteiger partial charge in [-0.25, -0.2) is 22.2 Å². The lowest BCUT2D eigenvalue weighted by Gasteiger charge is -2.31. The van der Waals surface area contributed by atoms with Gasteiger partial charge in [-0.3, -0.25) is 34.1 Å². The highest BCUT2D eigenvalue weighted by Crippen LogP contribution is 2.31. The van der Waals surface area contributed by atoms with Crippen molar-refractivity contribution in [1.29, 1.82) is 0 Å². The Morgan fingerprint density at radius 2 is 1.66 bits per heavy atom. The van der Waals surface area contributed by atoms with E-state index < -0.39 is 78.7 Å². The van der Waals surface area contributed by atoms with Crippen LogP contribution in [-0.2, 0) is 51.3 Å². The van der Waals surface area contributed by atoms with Gasteiger partial charge in [-0.15, -0.1) is 28.3 Å². The minimum Gasteiger partial charge on any atom is -0.465 e. The van der Waals surface area contributed by atoms with Crippen LogP contribution in [0.3, 0.4) is 0 Å². The zero-order chi connectivity index (χ0) is 51.4. The molecule has 1 amide bonds. The largest absolute Gasteiger partial charge is 0.465 e. The number of ether oxygens (including phenoxy) is 2. The van der Waals surface area contributed by atoms with Gasteiger partial charge < -0.3 is 14.4 Å². The number of nitro groups is 1. The lowest BCUT2D eigenvalue weighted by Crippen LogP contribution is -2.43. The number of para-hydroxylation sites is 1. The SMILES string of the molecule is CCOC(=O)C(Cl)Cc1cc(-n2nc(C)n(C(F)F)c2=O)c(F)cc1Cl.CCc1cccc(C)c1N(C(=O)CCl)C(C)COC.CS(=O)(=O)c1ccc(C(=O)C2C(=O)CCCC2=O)c([N+](=O)[O-])c1. The molecule has 1 aliphatic carbocycles. The van der Waals surface area contributed by atoms with E-state index in [1.165, 1.54) is 6.92 Å². The van der Waals surface area contributed by atoms with Crippen molar-refractivity contribution in [2.75, 3.05) is 37.4 Å². The van der Waals surface area contributed by atoms with Gasteiger partial charge in [-0.1, -0.05) is 36.7 Å². The van der Waals surface area contributed by atoms with E-state index in [9.17, 15) is 60.5 Å². The maximum absolute atomic E-state index is 14.2. The predicted octanol–water partition coefficient (Wildman–Crippen LogP) is 7.53. The standard InChI is InChI=1S/C15H14Cl2F3N3O3.C15H22ClNO2.C14H13NO7S/c1-3-26-13(24)10(17)4-8-5-12(11(18)6-9(8)16)23-15(25)22(14(19)20)7(2)21-23;1-5-13-8-6-7-11(2)15(13)17(14(18)9-16)12(3)10-19-4;1-23(21,22)8-5-6-9(10(7-8)15(19)20)14(18)13-11(16)3-2-4-12(13)17/h5-6,10,14H,3-4H2,1-2H3;6-8,12H,5,9-10H2,1-4H3;5-7,13H,2-4H2,1H3. The quantitative estimate of drug-likeness (QED) is 0.0265. The Kier molecular flexibility index (Phi) is 21.1. The third-order valence-electron chi connectivity index (χ3n) is 10.2. The zero-order valence-electron chi connectivity index (χ0n) is 37.9. The molecule has 0 bridgehead atoms. The Labute approximate surface area is 404 Å². The number of esters is 1. The number of carbonyl (C=O) groups is 5. The van der Waals surface area contributed by atoms with E-state index in [1.807, 2.05) is 26.0 Å². The molecule has 0 radical (unpaired) electrons. The molecular weight excluding hydrogens is 986 g/mol. The van der Waals surface area contributed by atoms with Crippen LogP contribution >= 0.6 is 34.8 Å². The fourth-order valence-corrected chi connectivity index (χ4v) is 8.27. The molecule has 1 aliphatic rings. The van der Waals surface area contributed by atoms with E-state index in [0.717, 1.165) is 59.8 Å². The second kappa shape index (κ2) is 25.2. The number of hydrogen-bond acceptors (Lipinski definition) is 13. The number of Topliss-reactive ketones (excluding diaryl/α,β-unsaturated/α-hetero) is 3. The number of hydrogen-bond donors (Lipinski definition) is 0. The van der Waals surface area contributed by atoms with Gasteiger partial charge in [0.15, 0.2) is 33.0 Å². The van der Waals surface area contributed by atoms with Crippen molar-refractivity contribution in [3.63, 3.8) is 0 Å². The Morgan fingerprint density at radius 1 is 1.03 bits per heavy atom. The summed E-state index contributed by atoms with van der Waals surface area (Å²) >= 11 is 17.7. The lowest BCUT2D eigenvalue weighted by molar-refractivity contribution is -0.385. The number of carbonyl (C=O) groups excluding carboxylic acids is 5. The summed E-state index contributed by atoms with van der Waals surface area (Å²) in [6.07, 6.45) is 2.13. The van der Waals surface area contributed by atoms with Gasteiger partial charge in [-0.05, 0) is 81.5 Å². The second-order valence-corrected chi connectivity index (χ2v) is 18.4. The molecule has 4 aromatic rings. The fraction of sp³-hybridized carbons (Fsp3) is 0.432. The first-order valence-electron chi connectivity index (χ1n) is 20.6. The van der Waals surface area contributed by atoms with Gasteiger partial charge in [0.05, 0.1) is 40.3 Å². The van der Waals surface area contributed by atoms with Gasteiger partial charge >= 0.3 is 18.2 Å². The molecule has 1 fully saturated rings. The second-order valence-electron chi connectivity index (χ2n) is 15.1. The first kappa shape index (κ1) is 56.8. The summed E-state index contributed by atoms with van der Waals surface area (Å²) in [5, 5.41) is 13.7. The van der Waals surface area contributed by atoms with Crippen LogP contribution in [0, 0.1) is 35.7 Å². The van der Waals surface area contributed by atoms with Gasteiger partial charge in [0.1, 0.15) is 28.7 Å². The highest BCUT2D eigenvalue weighted by molar-refractivity contribution is 7.90. The molecule has 370 valence electrons. The topological polar surface area (TPSA) is 224 Å². The van der Waals surface area contributed by atoms with Crippen molar-refractivity contribution in [2.24, 2.45) is 5.92 Å². The van der Waals surface area contributed by atoms with Gasteiger partial charge in [0.2, 0.25) is 5.91 Å². The predicted molar refractivity (Wildman–Crippen MR) is 247 cm³/mol. The molecule has 3 aromatic carbocycles. The normalized spacial score (nSPS) is 13.7. The summed E-state index contributed by atoms with van der Waals surface area (Å²) in [4.78, 5) is 83.6. The van der Waals surface area contributed by atoms with Crippen LogP contribution < -0.4 is 10.6 Å². The summed E-state index contributed by atoms with van der Waals surface area (Å²) in [6, 6.07) is 10.9. The summed E-state index contributed by atoms with van der Waals surface area (Å²) in [7, 11) is -2.06. The number of anilines is 1. The Balaban J connectivity index is 0.000000274. The number of aromatic nitrogens is 3. The third-order valence-corrected chi connectivity index (χ3v) is 12.3. The highest BCUT2D eigenvalue weighted by atomic mass is 35.5. The number of nitrogens with zero attached hydrogens (tertiary/aromatic N) is 5. The summed E-state index contributed by atoms with van der Waals surface area (Å²) in [5.41, 5.74) is 0.678. The molecule has 2 atom stereocenters. The zero-order valence-corrected chi connectivity index (χ0v) is 41.0. The van der Waals surface area contributed by atoms with E-state index >= 15 is 0 Å². The average molecular weight is 1040 g/mol. The fourth-order valence-electron chi connectivity index (χ4n) is 7.04. The van der Waals surface area contributed by atoms with Crippen molar-refractivity contribution in [2.45, 2.75) is 89.6 Å². The van der Waals surface area contributed by atoms with Crippen LogP contribution in [-0.4, -0.2) is 101 Å². The molecule has 1 heterocycles. The summed E-state index contributed by atoms with van der Waals surface area (Å²) in [5.74, 6) is -5.64. The molecule has 1 aromatic heterocycles. The number of halogens is 6. The van der Waals surface area contributed by atoms with Crippen molar-refractivity contribution in [1.82, 2.24) is 14.3 Å². The molecular formula is C44H49Cl3F3N5O12S. The van der Waals surface area contributed by atoms with Crippen LogP contribution in [0.2, 0.25) is 5.02 Å².